The highest BCUT2D eigenvalue weighted by Crippen LogP contribution is 2.36. The molecule has 37 heavy (non-hydrogen) atoms. The Kier molecular flexibility index (Phi) is 6.57. The lowest BCUT2D eigenvalue weighted by Gasteiger charge is -2.32. The molecular weight excluding hydrogens is 519 g/mol. The van der Waals surface area contributed by atoms with E-state index in [4.69, 9.17) is 11.6 Å². The summed E-state index contributed by atoms with van der Waals surface area (Å²) in [5.41, 5.74) is -0.292. The zero-order valence-corrected chi connectivity index (χ0v) is 20.4. The SMILES string of the molecule is CCc1c(N2CCNCC2)c(=O)c2nc(C(F)F)cnc2n1Cc1[nH]c2ccc(C(F)(F)F)cc2c1Cl. The quantitative estimate of drug-likeness (QED) is 0.352. The van der Waals surface area contributed by atoms with Gasteiger partial charge in [0.25, 0.3) is 6.43 Å². The van der Waals surface area contributed by atoms with Gasteiger partial charge in [-0.1, -0.05) is 18.5 Å². The molecule has 2 N–H and O–H groups in total. The van der Waals surface area contributed by atoms with Gasteiger partial charge in [-0.2, -0.15) is 13.2 Å². The summed E-state index contributed by atoms with van der Waals surface area (Å²) >= 11 is 6.53. The van der Waals surface area contributed by atoms with Crippen LogP contribution in [0.25, 0.3) is 22.1 Å². The molecule has 196 valence electrons. The first-order valence-corrected chi connectivity index (χ1v) is 12.0. The van der Waals surface area contributed by atoms with Crippen molar-refractivity contribution in [1.82, 2.24) is 24.8 Å². The fraction of sp³-hybridized carbons (Fsp3) is 0.375. The van der Waals surface area contributed by atoms with E-state index >= 15 is 0 Å². The van der Waals surface area contributed by atoms with Gasteiger partial charge in [-0.25, -0.2) is 18.7 Å². The molecule has 1 saturated heterocycles. The number of hydrogen-bond acceptors (Lipinski definition) is 5. The van der Waals surface area contributed by atoms with Gasteiger partial charge >= 0.3 is 6.18 Å². The zero-order valence-electron chi connectivity index (χ0n) is 19.6. The first-order chi connectivity index (χ1) is 17.6. The first-order valence-electron chi connectivity index (χ1n) is 11.6. The minimum atomic E-state index is -4.53. The van der Waals surface area contributed by atoms with E-state index < -0.39 is 29.3 Å². The number of aromatic amines is 1. The maximum Gasteiger partial charge on any atom is 0.416 e. The van der Waals surface area contributed by atoms with E-state index in [0.29, 0.717) is 55.2 Å². The number of nitrogens with zero attached hydrogens (tertiary/aromatic N) is 4. The molecule has 0 unspecified atom stereocenters. The van der Waals surface area contributed by atoms with E-state index in [1.807, 2.05) is 11.8 Å². The Hall–Kier alpha value is -3.25. The number of aromatic nitrogens is 4. The third kappa shape index (κ3) is 4.52. The van der Waals surface area contributed by atoms with Crippen LogP contribution >= 0.6 is 11.6 Å². The Labute approximate surface area is 212 Å². The van der Waals surface area contributed by atoms with Gasteiger partial charge in [0.15, 0.2) is 11.2 Å². The minimum Gasteiger partial charge on any atom is -0.364 e. The van der Waals surface area contributed by atoms with Crippen LogP contribution in [-0.4, -0.2) is 45.7 Å². The average molecular weight is 541 g/mol. The van der Waals surface area contributed by atoms with Crippen LogP contribution in [0.5, 0.6) is 0 Å². The topological polar surface area (TPSA) is 78.8 Å². The van der Waals surface area contributed by atoms with Crippen molar-refractivity contribution in [3.63, 3.8) is 0 Å². The van der Waals surface area contributed by atoms with E-state index in [0.717, 1.165) is 18.3 Å². The number of rotatable bonds is 5. The highest BCUT2D eigenvalue weighted by Gasteiger charge is 2.31. The number of H-pyrrole nitrogens is 1. The van der Waals surface area contributed by atoms with Gasteiger partial charge in [-0.3, -0.25) is 4.79 Å². The standard InChI is InChI=1S/C24H22ClF5N6O/c1-2-17-20(35-7-5-31-6-8-35)21(37)19-23(32-10-15(34-19)22(26)27)36(17)11-16-18(25)13-9-12(24(28,29)30)3-4-14(13)33-16/h3-4,9-10,22,31,33H,2,5-8,11H2,1H3. The highest BCUT2D eigenvalue weighted by molar-refractivity contribution is 6.36. The molecule has 0 amide bonds. The summed E-state index contributed by atoms with van der Waals surface area (Å²) < 4.78 is 68.3. The number of nitrogens with one attached hydrogen (secondary N) is 2. The van der Waals surface area contributed by atoms with Crippen molar-refractivity contribution >= 4 is 39.4 Å². The number of anilines is 1. The van der Waals surface area contributed by atoms with Crippen molar-refractivity contribution in [1.29, 1.82) is 0 Å². The molecule has 1 fully saturated rings. The van der Waals surface area contributed by atoms with Crippen LogP contribution in [-0.2, 0) is 19.1 Å². The molecule has 1 aliphatic rings. The average Bonchev–Trinajstić information content (AvgIpc) is 3.19. The summed E-state index contributed by atoms with van der Waals surface area (Å²) in [5, 5.41) is 3.51. The molecule has 0 radical (unpaired) electrons. The van der Waals surface area contributed by atoms with Gasteiger partial charge < -0.3 is 19.8 Å². The molecule has 4 heterocycles. The maximum absolute atomic E-state index is 13.6. The van der Waals surface area contributed by atoms with Crippen LogP contribution < -0.4 is 15.6 Å². The highest BCUT2D eigenvalue weighted by atomic mass is 35.5. The number of halogens is 6. The van der Waals surface area contributed by atoms with Gasteiger partial charge in [0.2, 0.25) is 5.43 Å². The number of fused-ring (bicyclic) bond motifs is 2. The van der Waals surface area contributed by atoms with Crippen molar-refractivity contribution in [2.45, 2.75) is 32.5 Å². The van der Waals surface area contributed by atoms with Gasteiger partial charge in [0.05, 0.1) is 29.0 Å². The predicted molar refractivity (Wildman–Crippen MR) is 131 cm³/mol. The summed E-state index contributed by atoms with van der Waals surface area (Å²) in [6.45, 7) is 4.20. The van der Waals surface area contributed by atoms with Crippen molar-refractivity contribution < 1.29 is 22.0 Å². The fourth-order valence-electron chi connectivity index (χ4n) is 4.75. The molecule has 0 spiro atoms. The molecule has 13 heteroatoms. The van der Waals surface area contributed by atoms with Crippen LogP contribution in [0.1, 0.15) is 36.0 Å². The van der Waals surface area contributed by atoms with E-state index in [2.05, 4.69) is 20.3 Å². The molecule has 0 bridgehead atoms. The second kappa shape index (κ2) is 9.56. The van der Waals surface area contributed by atoms with Crippen molar-refractivity contribution in [3.8, 4) is 0 Å². The molecule has 3 aromatic heterocycles. The van der Waals surface area contributed by atoms with Gasteiger partial charge in [0.1, 0.15) is 11.4 Å². The largest absolute Gasteiger partial charge is 0.416 e. The molecule has 1 aromatic carbocycles. The van der Waals surface area contributed by atoms with Gasteiger partial charge in [-0.05, 0) is 24.6 Å². The zero-order chi connectivity index (χ0) is 26.5. The summed E-state index contributed by atoms with van der Waals surface area (Å²) in [4.78, 5) is 26.6. The first kappa shape index (κ1) is 25.4. The summed E-state index contributed by atoms with van der Waals surface area (Å²) in [6, 6.07) is 3.24. The van der Waals surface area contributed by atoms with E-state index in [9.17, 15) is 26.7 Å². The Balaban J connectivity index is 1.73. The molecule has 0 saturated carbocycles. The molecule has 4 aromatic rings. The summed E-state index contributed by atoms with van der Waals surface area (Å²) in [5.74, 6) is 0. The smallest absolute Gasteiger partial charge is 0.364 e. The second-order valence-corrected chi connectivity index (χ2v) is 9.12. The Morgan fingerprint density at radius 3 is 2.57 bits per heavy atom. The molecule has 0 atom stereocenters. The Morgan fingerprint density at radius 2 is 1.92 bits per heavy atom. The molecule has 1 aliphatic heterocycles. The van der Waals surface area contributed by atoms with Crippen LogP contribution in [0.2, 0.25) is 5.02 Å². The number of piperazine rings is 1. The lowest BCUT2D eigenvalue weighted by atomic mass is 10.1. The second-order valence-electron chi connectivity index (χ2n) is 8.74. The molecule has 0 aliphatic carbocycles. The van der Waals surface area contributed by atoms with Crippen LogP contribution in [0.15, 0.2) is 29.2 Å². The van der Waals surface area contributed by atoms with Gasteiger partial charge in [-0.15, -0.1) is 0 Å². The maximum atomic E-state index is 13.6. The number of benzene rings is 1. The minimum absolute atomic E-state index is 0.0105. The molecular formula is C24H22ClF5N6O. The van der Waals surface area contributed by atoms with Crippen LogP contribution in [0.4, 0.5) is 27.6 Å². The van der Waals surface area contributed by atoms with Crippen LogP contribution in [0.3, 0.4) is 0 Å². The van der Waals surface area contributed by atoms with Gasteiger partial charge in [0, 0.05) is 42.8 Å². The lowest BCUT2D eigenvalue weighted by Crippen LogP contribution is -2.46. The summed E-state index contributed by atoms with van der Waals surface area (Å²) in [6.07, 6.45) is -6.12. The van der Waals surface area contributed by atoms with Crippen LogP contribution in [0, 0.1) is 0 Å². The lowest BCUT2D eigenvalue weighted by molar-refractivity contribution is -0.137. The number of alkyl halides is 5. The molecule has 5 rings (SSSR count). The molecule has 7 nitrogen and oxygen atoms in total. The predicted octanol–water partition coefficient (Wildman–Crippen LogP) is 4.90. The normalized spacial score (nSPS) is 14.9. The monoisotopic (exact) mass is 540 g/mol. The van der Waals surface area contributed by atoms with Crippen molar-refractivity contribution in [2.75, 3.05) is 31.1 Å². The van der Waals surface area contributed by atoms with Crippen molar-refractivity contribution in [3.05, 3.63) is 62.3 Å². The van der Waals surface area contributed by atoms with E-state index in [1.165, 1.54) is 6.07 Å². The van der Waals surface area contributed by atoms with E-state index in [-0.39, 0.29) is 28.1 Å². The van der Waals surface area contributed by atoms with E-state index in [1.54, 1.807) is 4.57 Å². The number of pyridine rings is 1. The number of hydrogen-bond donors (Lipinski definition) is 2. The summed E-state index contributed by atoms with van der Waals surface area (Å²) in [7, 11) is 0. The van der Waals surface area contributed by atoms with Crippen molar-refractivity contribution in [2.24, 2.45) is 0 Å². The third-order valence-corrected chi connectivity index (χ3v) is 6.93. The fourth-order valence-corrected chi connectivity index (χ4v) is 5.02. The Morgan fingerprint density at radius 1 is 1.19 bits per heavy atom. The Bertz CT molecular complexity index is 1540. The third-order valence-electron chi connectivity index (χ3n) is 6.50.